The molecule has 3 fully saturated rings. The van der Waals surface area contributed by atoms with E-state index in [2.05, 4.69) is 10.2 Å². The molecule has 5 aliphatic rings. The minimum atomic E-state index is -1.34. The predicted octanol–water partition coefficient (Wildman–Crippen LogP) is 1.23. The Morgan fingerprint density at radius 1 is 0.980 bits per heavy atom. The van der Waals surface area contributed by atoms with Crippen molar-refractivity contribution in [2.75, 3.05) is 72.8 Å². The van der Waals surface area contributed by atoms with Crippen molar-refractivity contribution in [2.24, 2.45) is 11.8 Å². The molecule has 5 bridgehead atoms. The normalized spacial score (nSPS) is 32.7. The number of cyclic esters (lactones) is 1. The first-order valence-corrected chi connectivity index (χ1v) is 17.9. The first kappa shape index (κ1) is 36.2. The molecule has 1 aromatic carbocycles. The summed E-state index contributed by atoms with van der Waals surface area (Å²) in [5, 5.41) is 12.4. The summed E-state index contributed by atoms with van der Waals surface area (Å²) in [6, 6.07) is 7.49. The molecule has 0 radical (unpaired) electrons. The summed E-state index contributed by atoms with van der Waals surface area (Å²) in [6.07, 6.45) is 8.21. The van der Waals surface area contributed by atoms with Crippen LogP contribution in [0.2, 0.25) is 0 Å². The number of esters is 1. The number of carbonyl (C=O) groups excluding carboxylic acids is 4. The van der Waals surface area contributed by atoms with Crippen molar-refractivity contribution in [3.05, 3.63) is 60.2 Å². The summed E-state index contributed by atoms with van der Waals surface area (Å²) in [4.78, 5) is 62.5. The van der Waals surface area contributed by atoms with Gasteiger partial charge in [0.15, 0.2) is 0 Å². The van der Waals surface area contributed by atoms with E-state index in [1.807, 2.05) is 48.6 Å². The second kappa shape index (κ2) is 16.6. The van der Waals surface area contributed by atoms with Crippen LogP contribution in [0, 0.1) is 11.8 Å². The maximum atomic E-state index is 14.8. The minimum absolute atomic E-state index is 0.0407. The van der Waals surface area contributed by atoms with Crippen molar-refractivity contribution in [1.82, 2.24) is 20.0 Å². The zero-order valence-corrected chi connectivity index (χ0v) is 28.8. The number of hydrogen-bond acceptors (Lipinski definition) is 10. The summed E-state index contributed by atoms with van der Waals surface area (Å²) >= 11 is 0. The number of nitrogens with zero attached hydrogens (tertiary/aromatic N) is 3. The fraction of sp³-hybridized carbons (Fsp3) is 0.622. The average molecular weight is 695 g/mol. The maximum Gasteiger partial charge on any atom is 0.313 e. The number of methoxy groups -OCH3 is 1. The second-order valence-electron chi connectivity index (χ2n) is 13.7. The van der Waals surface area contributed by atoms with E-state index >= 15 is 0 Å². The predicted molar refractivity (Wildman–Crippen MR) is 181 cm³/mol. The van der Waals surface area contributed by atoms with Gasteiger partial charge >= 0.3 is 5.97 Å². The van der Waals surface area contributed by atoms with E-state index in [1.54, 1.807) is 15.9 Å². The SMILES string of the molecule is COC[C@H]1NC(=O)CC/C=C\CN(CCN2CCOCC2)C(=O)[C@@H]2N(CCCCCO)C(=O)[C@H]3[C@H](C(=O)O[C@@H]1c1ccccc1)[C@@H]1C=C[C@]23O1. The third-order valence-corrected chi connectivity index (χ3v) is 10.5. The van der Waals surface area contributed by atoms with Gasteiger partial charge in [-0.1, -0.05) is 54.6 Å². The molecule has 0 aromatic heterocycles. The van der Waals surface area contributed by atoms with E-state index < -0.39 is 47.7 Å². The molecule has 0 saturated carbocycles. The zero-order chi connectivity index (χ0) is 35.1. The van der Waals surface area contributed by atoms with Gasteiger partial charge in [-0.25, -0.2) is 0 Å². The van der Waals surface area contributed by atoms with Crippen LogP contribution in [0.1, 0.15) is 43.8 Å². The van der Waals surface area contributed by atoms with E-state index in [1.165, 1.54) is 7.11 Å². The molecule has 5 heterocycles. The number of ether oxygens (including phenoxy) is 4. The third kappa shape index (κ3) is 7.52. The highest BCUT2D eigenvalue weighted by Gasteiger charge is 2.73. The average Bonchev–Trinajstić information content (AvgIpc) is 3.77. The summed E-state index contributed by atoms with van der Waals surface area (Å²) in [5.41, 5.74) is -0.667. The molecule has 1 spiro atoms. The monoisotopic (exact) mass is 694 g/mol. The number of allylic oxidation sites excluding steroid dienone is 1. The number of amides is 3. The standard InChI is InChI=1S/C37H50N4O9/c1-47-25-27-32(26-11-5-2-6-12-26)49-36(46)30-28-14-15-37(50-28)31(30)34(44)41(17-9-4-10-22-42)33(37)35(45)40(16-8-3-7-13-29(43)38-27)19-18-39-20-23-48-24-21-39/h2-3,5-6,8,11-12,14-15,27-28,30-33,42H,4,7,9-10,13,16-25H2,1H3,(H,38,43)/b8-3-/t27-,28+,30-,31-,32-,33+,37-/m1/s1. The lowest BCUT2D eigenvalue weighted by Crippen LogP contribution is -2.57. The topological polar surface area (TPSA) is 147 Å². The van der Waals surface area contributed by atoms with Crippen molar-refractivity contribution in [3.63, 3.8) is 0 Å². The Kier molecular flexibility index (Phi) is 12.0. The highest BCUT2D eigenvalue weighted by molar-refractivity contribution is 5.99. The maximum absolute atomic E-state index is 14.8. The van der Waals surface area contributed by atoms with Crippen LogP contribution in [0.4, 0.5) is 0 Å². The van der Waals surface area contributed by atoms with Crippen molar-refractivity contribution in [1.29, 1.82) is 0 Å². The number of hydrogen-bond donors (Lipinski definition) is 2. The van der Waals surface area contributed by atoms with Crippen LogP contribution < -0.4 is 5.32 Å². The van der Waals surface area contributed by atoms with Crippen molar-refractivity contribution in [3.8, 4) is 0 Å². The number of nitrogens with one attached hydrogen (secondary N) is 1. The van der Waals surface area contributed by atoms with E-state index in [9.17, 15) is 24.3 Å². The first-order chi connectivity index (χ1) is 24.4. The first-order valence-electron chi connectivity index (χ1n) is 17.9. The summed E-state index contributed by atoms with van der Waals surface area (Å²) in [5.74, 6) is -3.38. The molecule has 3 amide bonds. The molecule has 0 aliphatic carbocycles. The molecule has 7 atom stereocenters. The van der Waals surface area contributed by atoms with Gasteiger partial charge in [-0.05, 0) is 31.2 Å². The number of rotatable bonds is 11. The van der Waals surface area contributed by atoms with Gasteiger partial charge in [0.05, 0.1) is 37.9 Å². The van der Waals surface area contributed by atoms with E-state index in [0.29, 0.717) is 64.1 Å². The Hall–Kier alpha value is -3.62. The quantitative estimate of drug-likeness (QED) is 0.197. The number of carbonyl (C=O) groups is 4. The van der Waals surface area contributed by atoms with Gasteiger partial charge in [-0.3, -0.25) is 24.1 Å². The van der Waals surface area contributed by atoms with Gasteiger partial charge in [-0.15, -0.1) is 0 Å². The Labute approximate surface area is 293 Å². The minimum Gasteiger partial charge on any atom is -0.455 e. The summed E-state index contributed by atoms with van der Waals surface area (Å²) in [6.45, 7) is 4.56. The smallest absolute Gasteiger partial charge is 0.313 e. The van der Waals surface area contributed by atoms with Crippen LogP contribution in [0.15, 0.2) is 54.6 Å². The van der Waals surface area contributed by atoms with Crippen molar-refractivity contribution >= 4 is 23.7 Å². The van der Waals surface area contributed by atoms with Crippen LogP contribution in [0.25, 0.3) is 0 Å². The van der Waals surface area contributed by atoms with E-state index in [-0.39, 0.29) is 43.9 Å². The van der Waals surface area contributed by atoms with Crippen LogP contribution in [0.5, 0.6) is 0 Å². The fourth-order valence-corrected chi connectivity index (χ4v) is 8.01. The van der Waals surface area contributed by atoms with Crippen molar-refractivity contribution < 1.29 is 43.2 Å². The molecule has 2 N–H and O–H groups in total. The van der Waals surface area contributed by atoms with Crippen molar-refractivity contribution in [2.45, 2.75) is 62.0 Å². The number of fused-ring (bicyclic) bond motifs is 2. The number of aliphatic hydroxyl groups excluding tert-OH is 1. The Morgan fingerprint density at radius 2 is 1.78 bits per heavy atom. The Balaban J connectivity index is 1.37. The van der Waals surface area contributed by atoms with E-state index in [4.69, 9.17) is 18.9 Å². The molecule has 50 heavy (non-hydrogen) atoms. The molecule has 3 saturated heterocycles. The van der Waals surface area contributed by atoms with Gasteiger partial charge in [0.1, 0.15) is 23.7 Å². The van der Waals surface area contributed by atoms with Crippen LogP contribution in [0.3, 0.4) is 0 Å². The highest BCUT2D eigenvalue weighted by atomic mass is 16.6. The Bertz CT molecular complexity index is 1420. The van der Waals surface area contributed by atoms with Gasteiger partial charge in [0, 0.05) is 59.4 Å². The molecule has 272 valence electrons. The van der Waals surface area contributed by atoms with Gasteiger partial charge in [-0.2, -0.15) is 0 Å². The molecule has 0 unspecified atom stereocenters. The number of benzene rings is 1. The van der Waals surface area contributed by atoms with Crippen LogP contribution >= 0.6 is 0 Å². The molecular weight excluding hydrogens is 644 g/mol. The Morgan fingerprint density at radius 3 is 2.54 bits per heavy atom. The summed E-state index contributed by atoms with van der Waals surface area (Å²) < 4.78 is 23.9. The number of aliphatic hydroxyl groups is 1. The molecule has 1 aromatic rings. The van der Waals surface area contributed by atoms with Gasteiger partial charge in [0.25, 0.3) is 0 Å². The van der Waals surface area contributed by atoms with Crippen LogP contribution in [-0.4, -0.2) is 140 Å². The second-order valence-corrected chi connectivity index (χ2v) is 13.7. The number of morpholine rings is 1. The lowest BCUT2D eigenvalue weighted by Gasteiger charge is -2.37. The number of likely N-dealkylation sites (tertiary alicyclic amines) is 1. The summed E-state index contributed by atoms with van der Waals surface area (Å²) in [7, 11) is 1.52. The fourth-order valence-electron chi connectivity index (χ4n) is 8.01. The largest absolute Gasteiger partial charge is 0.455 e. The van der Waals surface area contributed by atoms with E-state index in [0.717, 1.165) is 13.1 Å². The van der Waals surface area contributed by atoms with Gasteiger partial charge < -0.3 is 39.2 Å². The third-order valence-electron chi connectivity index (χ3n) is 10.5. The number of unbranched alkanes of at least 4 members (excludes halogenated alkanes) is 2. The highest BCUT2D eigenvalue weighted by Crippen LogP contribution is 2.56. The molecule has 6 rings (SSSR count). The molecule has 5 aliphatic heterocycles. The molecular formula is C37H50N4O9. The van der Waals surface area contributed by atoms with Crippen LogP contribution in [-0.2, 0) is 38.1 Å². The molecule has 13 heteroatoms. The zero-order valence-electron chi connectivity index (χ0n) is 28.8. The lowest BCUT2D eigenvalue weighted by atomic mass is 9.74. The lowest BCUT2D eigenvalue weighted by molar-refractivity contribution is -0.162. The molecule has 13 nitrogen and oxygen atoms in total. The van der Waals surface area contributed by atoms with Gasteiger partial charge in [0.2, 0.25) is 17.7 Å².